The summed E-state index contributed by atoms with van der Waals surface area (Å²) in [4.78, 5) is 0. The van der Waals surface area contributed by atoms with Crippen molar-refractivity contribution in [1.29, 1.82) is 0 Å². The second kappa shape index (κ2) is 14.4. The Morgan fingerprint density at radius 3 is 2.14 bits per heavy atom. The smallest absolute Gasteiger partial charge is 0.192 e. The Morgan fingerprint density at radius 2 is 1.49 bits per heavy atom. The van der Waals surface area contributed by atoms with Gasteiger partial charge in [0.15, 0.2) is 16.6 Å². The van der Waals surface area contributed by atoms with E-state index in [2.05, 4.69) is 138 Å². The summed E-state index contributed by atoms with van der Waals surface area (Å²) < 4.78 is 26.0. The minimum absolute atomic E-state index is 0.00737. The molecule has 0 radical (unpaired) electrons. The summed E-state index contributed by atoms with van der Waals surface area (Å²) in [6.45, 7) is 33.9. The molecule has 0 unspecified atom stereocenters. The number of hydrogen-bond donors (Lipinski definition) is 0. The molecular weight excluding hydrogens is 661 g/mol. The van der Waals surface area contributed by atoms with Crippen LogP contribution in [0.2, 0.25) is 36.3 Å². The van der Waals surface area contributed by atoms with E-state index >= 15 is 0 Å². The standard InChI is InChI=1S/C45H74O4Si2/c1-41(2,3)50(12,13)48-34-29-33-22-23-36-38-25-24-37(35-21-17-16-19-32(35)20-18-27-43(7,8)47-31-46-11)44(38,9)28-26-39(36)45(33,10)40(30-34)49-51(14,15)42(4,5)6/h16-17,19,21-24,34,38-40H,18,20,25-31H2,1-15H3/t34-,38+,39+,40+,44-,45+/m1/s1. The summed E-state index contributed by atoms with van der Waals surface area (Å²) in [6, 6.07) is 9.23. The molecule has 2 fully saturated rings. The van der Waals surface area contributed by atoms with Gasteiger partial charge in [-0.2, -0.15) is 0 Å². The number of aryl methyl sites for hydroxylation is 1. The molecule has 6 atom stereocenters. The lowest BCUT2D eigenvalue weighted by Gasteiger charge is -2.59. The van der Waals surface area contributed by atoms with Gasteiger partial charge >= 0.3 is 0 Å². The molecule has 0 amide bonds. The third kappa shape index (κ3) is 7.94. The molecular formula is C45H74O4Si2. The summed E-state index contributed by atoms with van der Waals surface area (Å²) in [6.07, 6.45) is 16.9. The molecule has 0 spiro atoms. The van der Waals surface area contributed by atoms with E-state index in [9.17, 15) is 0 Å². The van der Waals surface area contributed by atoms with Crippen molar-refractivity contribution in [3.05, 3.63) is 64.8 Å². The van der Waals surface area contributed by atoms with E-state index in [4.69, 9.17) is 18.3 Å². The number of allylic oxidation sites excluding steroid dienone is 5. The average Bonchev–Trinajstić information content (AvgIpc) is 3.36. The molecule has 4 aliphatic rings. The molecule has 0 aliphatic heterocycles. The van der Waals surface area contributed by atoms with Gasteiger partial charge in [-0.15, -0.1) is 0 Å². The predicted octanol–water partition coefficient (Wildman–Crippen LogP) is 12.7. The van der Waals surface area contributed by atoms with Crippen LogP contribution in [0.4, 0.5) is 0 Å². The van der Waals surface area contributed by atoms with Gasteiger partial charge in [0.25, 0.3) is 0 Å². The maximum atomic E-state index is 7.60. The highest BCUT2D eigenvalue weighted by atomic mass is 28.4. The maximum Gasteiger partial charge on any atom is 0.192 e. The van der Waals surface area contributed by atoms with Crippen molar-refractivity contribution in [2.45, 2.75) is 175 Å². The fraction of sp³-hybridized carbons (Fsp3) is 0.733. The summed E-state index contributed by atoms with van der Waals surface area (Å²) >= 11 is 0. The molecule has 0 bridgehead atoms. The van der Waals surface area contributed by atoms with Crippen molar-refractivity contribution >= 4 is 22.2 Å². The van der Waals surface area contributed by atoms with Gasteiger partial charge < -0.3 is 18.3 Å². The van der Waals surface area contributed by atoms with Crippen molar-refractivity contribution < 1.29 is 18.3 Å². The Bertz CT molecular complexity index is 1500. The molecule has 6 heteroatoms. The van der Waals surface area contributed by atoms with Gasteiger partial charge in [0.2, 0.25) is 0 Å². The van der Waals surface area contributed by atoms with Crippen LogP contribution in [0.5, 0.6) is 0 Å². The molecule has 286 valence electrons. The fourth-order valence-electron chi connectivity index (χ4n) is 9.39. The zero-order valence-corrected chi connectivity index (χ0v) is 37.3. The molecule has 0 N–H and O–H groups in total. The highest BCUT2D eigenvalue weighted by molar-refractivity contribution is 6.74. The average molecular weight is 735 g/mol. The number of benzene rings is 1. The highest BCUT2D eigenvalue weighted by Gasteiger charge is 2.59. The summed E-state index contributed by atoms with van der Waals surface area (Å²) in [5.74, 6) is 1.04. The Morgan fingerprint density at radius 1 is 0.843 bits per heavy atom. The number of hydrogen-bond acceptors (Lipinski definition) is 4. The first-order valence-electron chi connectivity index (χ1n) is 20.2. The van der Waals surface area contributed by atoms with Crippen LogP contribution in [-0.2, 0) is 24.7 Å². The van der Waals surface area contributed by atoms with Crippen LogP contribution in [0.1, 0.15) is 125 Å². The molecule has 2 saturated carbocycles. The quantitative estimate of drug-likeness (QED) is 0.158. The zero-order valence-electron chi connectivity index (χ0n) is 35.3. The molecule has 51 heavy (non-hydrogen) atoms. The summed E-state index contributed by atoms with van der Waals surface area (Å²) in [7, 11) is -2.28. The van der Waals surface area contributed by atoms with Crippen molar-refractivity contribution in [2.75, 3.05) is 13.9 Å². The van der Waals surface area contributed by atoms with E-state index in [1.54, 1.807) is 23.8 Å². The SMILES string of the molecule is COCOC(C)(C)CCCc1ccccc1C1=CC[C@H]2C3=CC=C4C[C@@H](O[Si](C)(C)C(C)(C)C)C[C@H](O[Si](C)(C)C(C)(C)C)[C@]4(C)[C@H]3CC[C@]12C. The van der Waals surface area contributed by atoms with Gasteiger partial charge in [-0.3, -0.25) is 0 Å². The van der Waals surface area contributed by atoms with Gasteiger partial charge in [0.1, 0.15) is 6.79 Å². The second-order valence-electron chi connectivity index (χ2n) is 20.7. The van der Waals surface area contributed by atoms with Crippen LogP contribution in [0.25, 0.3) is 5.57 Å². The normalized spacial score (nSPS) is 30.2. The fourth-order valence-corrected chi connectivity index (χ4v) is 12.2. The van der Waals surface area contributed by atoms with Gasteiger partial charge in [0, 0.05) is 12.5 Å². The van der Waals surface area contributed by atoms with Crippen molar-refractivity contribution in [3.63, 3.8) is 0 Å². The first-order chi connectivity index (χ1) is 23.5. The lowest BCUT2D eigenvalue weighted by molar-refractivity contribution is -0.117. The van der Waals surface area contributed by atoms with Crippen LogP contribution in [0, 0.1) is 22.7 Å². The highest BCUT2D eigenvalue weighted by Crippen LogP contribution is 2.66. The van der Waals surface area contributed by atoms with Gasteiger partial charge in [0.05, 0.1) is 17.8 Å². The van der Waals surface area contributed by atoms with Crippen molar-refractivity contribution in [1.82, 2.24) is 0 Å². The van der Waals surface area contributed by atoms with E-state index in [-0.39, 0.29) is 38.7 Å². The van der Waals surface area contributed by atoms with Crippen molar-refractivity contribution in [2.24, 2.45) is 22.7 Å². The third-order valence-corrected chi connectivity index (χ3v) is 23.8. The molecule has 0 saturated heterocycles. The van der Waals surface area contributed by atoms with Gasteiger partial charge in [-0.05, 0) is 135 Å². The minimum Gasteiger partial charge on any atom is -0.414 e. The summed E-state index contributed by atoms with van der Waals surface area (Å²) in [5.41, 5.74) is 7.73. The Hall–Kier alpha value is -1.29. The zero-order chi connectivity index (χ0) is 37.8. The minimum atomic E-state index is -2.05. The third-order valence-electron chi connectivity index (χ3n) is 14.8. The molecule has 0 aromatic heterocycles. The second-order valence-corrected chi connectivity index (χ2v) is 30.2. The summed E-state index contributed by atoms with van der Waals surface area (Å²) in [5, 5.41) is 0.343. The Kier molecular flexibility index (Phi) is 11.6. The van der Waals surface area contributed by atoms with Crippen LogP contribution >= 0.6 is 0 Å². The number of rotatable bonds is 12. The van der Waals surface area contributed by atoms with Gasteiger partial charge in [-0.25, -0.2) is 0 Å². The molecule has 1 aromatic carbocycles. The largest absolute Gasteiger partial charge is 0.414 e. The maximum absolute atomic E-state index is 7.60. The molecule has 1 aromatic rings. The van der Waals surface area contributed by atoms with Crippen LogP contribution in [0.3, 0.4) is 0 Å². The predicted molar refractivity (Wildman–Crippen MR) is 221 cm³/mol. The Balaban J connectivity index is 1.44. The van der Waals surface area contributed by atoms with E-state index in [1.165, 1.54) is 24.0 Å². The first-order valence-corrected chi connectivity index (χ1v) is 26.0. The molecule has 5 rings (SSSR count). The molecule has 4 nitrogen and oxygen atoms in total. The number of fused-ring (bicyclic) bond motifs is 5. The van der Waals surface area contributed by atoms with Crippen LogP contribution in [-0.4, -0.2) is 48.3 Å². The topological polar surface area (TPSA) is 36.9 Å². The number of ether oxygens (including phenoxy) is 2. The first kappa shape index (κ1) is 40.9. The Labute approximate surface area is 315 Å². The van der Waals surface area contributed by atoms with E-state index in [1.807, 2.05) is 0 Å². The number of methoxy groups -OCH3 is 1. The van der Waals surface area contributed by atoms with E-state index < -0.39 is 16.6 Å². The molecule has 4 aliphatic carbocycles. The van der Waals surface area contributed by atoms with E-state index in [0.717, 1.165) is 38.5 Å². The monoisotopic (exact) mass is 735 g/mol. The van der Waals surface area contributed by atoms with Crippen LogP contribution in [0.15, 0.2) is 53.6 Å². The lowest BCUT2D eigenvalue weighted by atomic mass is 9.49. The molecule has 0 heterocycles. The lowest BCUT2D eigenvalue weighted by Crippen LogP contribution is -2.58. The van der Waals surface area contributed by atoms with Crippen molar-refractivity contribution in [3.8, 4) is 0 Å². The van der Waals surface area contributed by atoms with Gasteiger partial charge in [-0.1, -0.05) is 109 Å². The van der Waals surface area contributed by atoms with Crippen LogP contribution < -0.4 is 0 Å². The van der Waals surface area contributed by atoms with E-state index in [0.29, 0.717) is 18.6 Å².